The Morgan fingerprint density at radius 3 is 2.29 bits per heavy atom. The Morgan fingerprint density at radius 2 is 1.76 bits per heavy atom. The van der Waals surface area contributed by atoms with Crippen LogP contribution in [-0.4, -0.2) is 36.8 Å². The molecule has 2 rings (SSSR count). The van der Waals surface area contributed by atoms with E-state index in [0.29, 0.717) is 12.1 Å². The Morgan fingerprint density at radius 1 is 1.14 bits per heavy atom. The van der Waals surface area contributed by atoms with Crippen LogP contribution in [0.2, 0.25) is 0 Å². The summed E-state index contributed by atoms with van der Waals surface area (Å²) >= 11 is 1.81. The number of thioether (sulfide) groups is 1. The van der Waals surface area contributed by atoms with E-state index in [1.807, 2.05) is 11.8 Å². The van der Waals surface area contributed by atoms with Crippen molar-refractivity contribution in [3.63, 3.8) is 0 Å². The van der Waals surface area contributed by atoms with Crippen molar-refractivity contribution in [3.05, 3.63) is 29.8 Å². The second-order valence-electron chi connectivity index (χ2n) is 6.43. The van der Waals surface area contributed by atoms with Crippen LogP contribution >= 0.6 is 11.8 Å². The first-order valence-electron chi connectivity index (χ1n) is 8.22. The molecule has 0 spiro atoms. The lowest BCUT2D eigenvalue weighted by molar-refractivity contribution is 0.125. The maximum atomic E-state index is 3.47. The SMILES string of the molecule is CSc1ccc(C(C)N(CC2CCNCC2)C(C)C)cc1. The lowest BCUT2D eigenvalue weighted by Gasteiger charge is -2.37. The summed E-state index contributed by atoms with van der Waals surface area (Å²) in [4.78, 5) is 4.02. The highest BCUT2D eigenvalue weighted by atomic mass is 32.2. The molecule has 0 aromatic heterocycles. The van der Waals surface area contributed by atoms with Crippen molar-refractivity contribution in [1.29, 1.82) is 0 Å². The molecule has 21 heavy (non-hydrogen) atoms. The molecule has 1 fully saturated rings. The fourth-order valence-electron chi connectivity index (χ4n) is 3.25. The number of nitrogens with zero attached hydrogens (tertiary/aromatic N) is 1. The van der Waals surface area contributed by atoms with Gasteiger partial charge in [0.1, 0.15) is 0 Å². The zero-order valence-electron chi connectivity index (χ0n) is 13.9. The molecule has 1 aliphatic heterocycles. The molecule has 0 radical (unpaired) electrons. The molecule has 0 aliphatic carbocycles. The fourth-order valence-corrected chi connectivity index (χ4v) is 3.66. The average Bonchev–Trinajstić information content (AvgIpc) is 2.53. The van der Waals surface area contributed by atoms with Crippen LogP contribution in [0.4, 0.5) is 0 Å². The molecule has 2 nitrogen and oxygen atoms in total. The molecular formula is C18H30N2S. The van der Waals surface area contributed by atoms with Crippen molar-refractivity contribution < 1.29 is 0 Å². The third-order valence-electron chi connectivity index (χ3n) is 4.69. The number of piperidine rings is 1. The summed E-state index contributed by atoms with van der Waals surface area (Å²) in [5, 5.41) is 3.47. The molecule has 0 saturated carbocycles. The number of nitrogens with one attached hydrogen (secondary N) is 1. The summed E-state index contributed by atoms with van der Waals surface area (Å²) < 4.78 is 0. The highest BCUT2D eigenvalue weighted by molar-refractivity contribution is 7.98. The number of benzene rings is 1. The molecule has 1 unspecified atom stereocenters. The van der Waals surface area contributed by atoms with Crippen LogP contribution in [-0.2, 0) is 0 Å². The predicted octanol–water partition coefficient (Wildman–Crippen LogP) is 4.18. The largest absolute Gasteiger partial charge is 0.317 e. The van der Waals surface area contributed by atoms with E-state index in [9.17, 15) is 0 Å². The van der Waals surface area contributed by atoms with E-state index in [0.717, 1.165) is 5.92 Å². The maximum Gasteiger partial charge on any atom is 0.0322 e. The molecule has 1 atom stereocenters. The fraction of sp³-hybridized carbons (Fsp3) is 0.667. The average molecular weight is 307 g/mol. The van der Waals surface area contributed by atoms with Crippen LogP contribution in [0.5, 0.6) is 0 Å². The van der Waals surface area contributed by atoms with Crippen LogP contribution in [0.15, 0.2) is 29.2 Å². The normalized spacial score (nSPS) is 18.4. The van der Waals surface area contributed by atoms with Gasteiger partial charge in [-0.1, -0.05) is 12.1 Å². The minimum Gasteiger partial charge on any atom is -0.317 e. The minimum atomic E-state index is 0.496. The van der Waals surface area contributed by atoms with Gasteiger partial charge in [-0.15, -0.1) is 11.8 Å². The number of hydrogen-bond acceptors (Lipinski definition) is 3. The first-order valence-corrected chi connectivity index (χ1v) is 9.44. The van der Waals surface area contributed by atoms with Gasteiger partial charge in [-0.3, -0.25) is 4.90 Å². The van der Waals surface area contributed by atoms with E-state index in [2.05, 4.69) is 61.5 Å². The van der Waals surface area contributed by atoms with Crippen molar-refractivity contribution in [2.75, 3.05) is 25.9 Å². The van der Waals surface area contributed by atoms with Crippen molar-refractivity contribution in [1.82, 2.24) is 10.2 Å². The Bertz CT molecular complexity index is 410. The van der Waals surface area contributed by atoms with Gasteiger partial charge in [-0.05, 0) is 76.6 Å². The zero-order chi connectivity index (χ0) is 15.2. The van der Waals surface area contributed by atoms with Gasteiger partial charge in [0.15, 0.2) is 0 Å². The van der Waals surface area contributed by atoms with Crippen molar-refractivity contribution in [2.24, 2.45) is 5.92 Å². The molecule has 1 saturated heterocycles. The Hall–Kier alpha value is -0.510. The van der Waals surface area contributed by atoms with Crippen LogP contribution in [0.3, 0.4) is 0 Å². The summed E-state index contributed by atoms with van der Waals surface area (Å²) in [6, 6.07) is 10.2. The Labute approximate surface area is 134 Å². The highest BCUT2D eigenvalue weighted by Crippen LogP contribution is 2.27. The molecule has 1 aromatic rings. The first-order chi connectivity index (χ1) is 10.1. The van der Waals surface area contributed by atoms with Gasteiger partial charge in [0, 0.05) is 23.5 Å². The van der Waals surface area contributed by atoms with Crippen molar-refractivity contribution >= 4 is 11.8 Å². The lowest BCUT2D eigenvalue weighted by atomic mass is 9.95. The van der Waals surface area contributed by atoms with Crippen LogP contribution in [0, 0.1) is 5.92 Å². The molecule has 0 bridgehead atoms. The zero-order valence-corrected chi connectivity index (χ0v) is 14.7. The summed E-state index contributed by atoms with van der Waals surface area (Å²) in [7, 11) is 0. The summed E-state index contributed by atoms with van der Waals surface area (Å²) in [5.74, 6) is 0.849. The second-order valence-corrected chi connectivity index (χ2v) is 7.31. The lowest BCUT2D eigenvalue weighted by Crippen LogP contribution is -2.40. The predicted molar refractivity (Wildman–Crippen MR) is 94.1 cm³/mol. The second kappa shape index (κ2) is 8.21. The molecule has 1 N–H and O–H groups in total. The molecule has 1 aliphatic rings. The summed E-state index contributed by atoms with van der Waals surface area (Å²) in [6.07, 6.45) is 4.78. The highest BCUT2D eigenvalue weighted by Gasteiger charge is 2.23. The van der Waals surface area contributed by atoms with Gasteiger partial charge in [-0.2, -0.15) is 0 Å². The van der Waals surface area contributed by atoms with Gasteiger partial charge in [0.25, 0.3) is 0 Å². The molecule has 1 heterocycles. The van der Waals surface area contributed by atoms with Crippen molar-refractivity contribution in [3.8, 4) is 0 Å². The topological polar surface area (TPSA) is 15.3 Å². The van der Waals surface area contributed by atoms with Gasteiger partial charge >= 0.3 is 0 Å². The van der Waals surface area contributed by atoms with Crippen molar-refractivity contribution in [2.45, 2.75) is 50.6 Å². The molecular weight excluding hydrogens is 276 g/mol. The van der Waals surface area contributed by atoms with E-state index in [1.54, 1.807) is 0 Å². The monoisotopic (exact) mass is 306 g/mol. The van der Waals surface area contributed by atoms with Gasteiger partial charge < -0.3 is 5.32 Å². The first kappa shape index (κ1) is 16.9. The van der Waals surface area contributed by atoms with E-state index in [1.165, 1.54) is 42.9 Å². The van der Waals surface area contributed by atoms with E-state index >= 15 is 0 Å². The number of rotatable bonds is 6. The third kappa shape index (κ3) is 4.73. The Kier molecular flexibility index (Phi) is 6.59. The molecule has 118 valence electrons. The summed E-state index contributed by atoms with van der Waals surface area (Å²) in [5.41, 5.74) is 1.44. The Balaban J connectivity index is 2.04. The minimum absolute atomic E-state index is 0.496. The van der Waals surface area contributed by atoms with Crippen LogP contribution in [0.1, 0.15) is 45.2 Å². The van der Waals surface area contributed by atoms with Gasteiger partial charge in [0.05, 0.1) is 0 Å². The van der Waals surface area contributed by atoms with E-state index in [4.69, 9.17) is 0 Å². The molecule has 1 aromatic carbocycles. The molecule has 0 amide bonds. The smallest absolute Gasteiger partial charge is 0.0322 e. The van der Waals surface area contributed by atoms with Crippen LogP contribution < -0.4 is 5.32 Å². The maximum absolute atomic E-state index is 3.47. The van der Waals surface area contributed by atoms with Gasteiger partial charge in [-0.25, -0.2) is 0 Å². The van der Waals surface area contributed by atoms with Crippen LogP contribution in [0.25, 0.3) is 0 Å². The number of hydrogen-bond donors (Lipinski definition) is 1. The standard InChI is InChI=1S/C18H30N2S/c1-14(2)20(13-16-9-11-19-12-10-16)15(3)17-5-7-18(21-4)8-6-17/h5-8,14-16,19H,9-13H2,1-4H3. The third-order valence-corrected chi connectivity index (χ3v) is 5.43. The summed E-state index contributed by atoms with van der Waals surface area (Å²) in [6.45, 7) is 10.6. The molecule has 3 heteroatoms. The van der Waals surface area contributed by atoms with Gasteiger partial charge in [0.2, 0.25) is 0 Å². The quantitative estimate of drug-likeness (QED) is 0.794. The van der Waals surface area contributed by atoms with E-state index < -0.39 is 0 Å². The van der Waals surface area contributed by atoms with E-state index in [-0.39, 0.29) is 0 Å².